The van der Waals surface area contributed by atoms with Crippen LogP contribution in [-0.2, 0) is 37.3 Å². The average Bonchev–Trinajstić information content (AvgIpc) is 2.54. The number of rotatable bonds is 11. The summed E-state index contributed by atoms with van der Waals surface area (Å²) in [5, 5.41) is 1.47. The smallest absolute Gasteiger partial charge is 0.462 e. The maximum absolute atomic E-state index is 12.8. The Labute approximate surface area is 212 Å². The molecule has 0 bridgehead atoms. The quantitative estimate of drug-likeness (QED) is 0.229. The molecule has 0 aliphatic heterocycles. The lowest BCUT2D eigenvalue weighted by atomic mass is 9.97. The number of unbranched alkanes of at least 4 members (excludes halogenated alkanes) is 1. The minimum absolute atomic E-state index is 0.184. The number of alkyl carbamates (subject to hydrolysis) is 1. The predicted octanol–water partition coefficient (Wildman–Crippen LogP) is 3.48. The summed E-state index contributed by atoms with van der Waals surface area (Å²) in [5.41, 5.74) is -1.38. The Hall–Kier alpha value is -1.18. The Morgan fingerprint density at radius 2 is 1.34 bits per heavy atom. The van der Waals surface area contributed by atoms with Crippen LogP contribution >= 0.6 is 0 Å². The molecule has 0 aliphatic carbocycles. The third kappa shape index (κ3) is 10.4. The van der Waals surface area contributed by atoms with E-state index >= 15 is 0 Å². The predicted molar refractivity (Wildman–Crippen MR) is 139 cm³/mol. The number of carbonyl (C=O) groups is 2. The molecule has 1 N–H and O–H groups in total. The fourth-order valence-electron chi connectivity index (χ4n) is 3.57. The molecule has 10 nitrogen and oxygen atoms in total. The van der Waals surface area contributed by atoms with Crippen molar-refractivity contribution in [2.24, 2.45) is 5.41 Å². The van der Waals surface area contributed by atoms with Crippen molar-refractivity contribution in [1.82, 2.24) is 5.32 Å². The lowest BCUT2D eigenvalue weighted by Crippen LogP contribution is -2.61. The van der Waals surface area contributed by atoms with Gasteiger partial charge in [-0.3, -0.25) is 4.79 Å². The van der Waals surface area contributed by atoms with Gasteiger partial charge in [-0.05, 0) is 60.8 Å². The van der Waals surface area contributed by atoms with Gasteiger partial charge < -0.3 is 19.2 Å². The van der Waals surface area contributed by atoms with Crippen LogP contribution in [0.2, 0.25) is 5.04 Å². The number of hydrogen-bond acceptors (Lipinski definition) is 9. The molecule has 0 heterocycles. The fourth-order valence-corrected chi connectivity index (χ4v) is 22.6. The monoisotopic (exact) mass is 559 g/mol. The molecule has 0 aromatic rings. The van der Waals surface area contributed by atoms with Gasteiger partial charge in [0.1, 0.15) is 5.60 Å². The maximum atomic E-state index is 12.8. The molecular weight excluding hydrogens is 514 g/mol. The van der Waals surface area contributed by atoms with E-state index in [4.69, 9.17) is 13.9 Å². The molecule has 1 atom stereocenters. The molecule has 0 saturated carbocycles. The highest BCUT2D eigenvalue weighted by atomic mass is 32.6. The number of amides is 1. The summed E-state index contributed by atoms with van der Waals surface area (Å²) in [5.74, 6) is -0.327. The van der Waals surface area contributed by atoms with Gasteiger partial charge in [-0.1, -0.05) is 20.8 Å². The summed E-state index contributed by atoms with van der Waals surface area (Å²) in [6.07, 6.45) is 2.36. The van der Waals surface area contributed by atoms with Crippen molar-refractivity contribution in [2.75, 3.05) is 25.7 Å². The minimum atomic E-state index is -4.47. The number of ether oxygens (including phenoxy) is 2. The van der Waals surface area contributed by atoms with Crippen LogP contribution in [-0.4, -0.2) is 72.9 Å². The number of hydrogen-bond donors (Lipinski definition) is 1. The van der Waals surface area contributed by atoms with Gasteiger partial charge in [0, 0.05) is 17.5 Å². The van der Waals surface area contributed by atoms with E-state index in [-0.39, 0.29) is 19.2 Å². The van der Waals surface area contributed by atoms with Crippen LogP contribution in [0.1, 0.15) is 81.6 Å². The van der Waals surface area contributed by atoms with E-state index in [1.807, 2.05) is 0 Å². The van der Waals surface area contributed by atoms with E-state index in [1.54, 1.807) is 41.5 Å². The first-order valence-electron chi connectivity index (χ1n) is 11.5. The zero-order valence-corrected chi connectivity index (χ0v) is 25.7. The van der Waals surface area contributed by atoms with Gasteiger partial charge >= 0.3 is 18.7 Å². The first-order chi connectivity index (χ1) is 15.3. The third-order valence-corrected chi connectivity index (χ3v) is 24.9. The van der Waals surface area contributed by atoms with Crippen molar-refractivity contribution in [3.63, 3.8) is 0 Å². The van der Waals surface area contributed by atoms with Crippen molar-refractivity contribution in [3.8, 4) is 0 Å². The Balaban J connectivity index is 5.67. The lowest BCUT2D eigenvalue weighted by molar-refractivity contribution is -0.153. The van der Waals surface area contributed by atoms with Crippen LogP contribution in [0.4, 0.5) is 4.79 Å². The summed E-state index contributed by atoms with van der Waals surface area (Å²) in [7, 11) is -8.24. The SMILES string of the molecule is CC(C)(C)OC(=O)N[C@@H](CCCCOC(=O)C(C)(C)C)CO[Si](C(C)(C)C)(S(C)(=O)=O)S(C)(=O)=O. The van der Waals surface area contributed by atoms with Crippen LogP contribution in [0.15, 0.2) is 0 Å². The molecular formula is C22H45NO9S2Si. The van der Waals surface area contributed by atoms with Gasteiger partial charge in [0.2, 0.25) is 0 Å². The Morgan fingerprint density at radius 1 is 0.857 bits per heavy atom. The molecule has 35 heavy (non-hydrogen) atoms. The van der Waals surface area contributed by atoms with Crippen LogP contribution in [0.25, 0.3) is 0 Å². The van der Waals surface area contributed by atoms with E-state index in [0.29, 0.717) is 19.3 Å². The molecule has 0 fully saturated rings. The van der Waals surface area contributed by atoms with Gasteiger partial charge in [-0.25, -0.2) is 21.6 Å². The van der Waals surface area contributed by atoms with Gasteiger partial charge in [0.25, 0.3) is 0 Å². The van der Waals surface area contributed by atoms with Crippen molar-refractivity contribution in [3.05, 3.63) is 0 Å². The first-order valence-corrected chi connectivity index (χ1v) is 18.7. The zero-order chi connectivity index (χ0) is 28.1. The second-order valence-electron chi connectivity index (χ2n) is 11.9. The second kappa shape index (κ2) is 11.9. The standard InChI is InChI=1S/C22H45NO9S2Si/c1-20(2,3)18(24)30-15-13-12-14-17(23-19(25)32-21(4,5)6)16-31-35(22(7,8)9,33(10,26)27)34(11,28)29/h17H,12-16H2,1-11H3,(H,23,25)/t17-/m0/s1. The average molecular weight is 560 g/mol. The van der Waals surface area contributed by atoms with Crippen molar-refractivity contribution in [1.29, 1.82) is 0 Å². The van der Waals surface area contributed by atoms with Crippen molar-refractivity contribution < 1.29 is 40.3 Å². The topological polar surface area (TPSA) is 142 Å². The van der Waals surface area contributed by atoms with Crippen LogP contribution < -0.4 is 5.32 Å². The van der Waals surface area contributed by atoms with Crippen LogP contribution in [0.3, 0.4) is 0 Å². The summed E-state index contributed by atoms with van der Waals surface area (Å²) in [6.45, 7) is 10.3. The first kappa shape index (κ1) is 33.8. The molecule has 0 aromatic carbocycles. The molecule has 1 amide bonds. The van der Waals surface area contributed by atoms with Gasteiger partial charge in [0.05, 0.1) is 24.7 Å². The highest BCUT2D eigenvalue weighted by Gasteiger charge is 2.66. The molecule has 0 aromatic heterocycles. The van der Waals surface area contributed by atoms with E-state index in [9.17, 15) is 26.4 Å². The molecule has 0 spiro atoms. The highest BCUT2D eigenvalue weighted by molar-refractivity contribution is 8.50. The second-order valence-corrected chi connectivity index (χ2v) is 26.6. The van der Waals surface area contributed by atoms with Gasteiger partial charge in [0.15, 0.2) is 18.6 Å². The normalized spacial score (nSPS) is 14.8. The van der Waals surface area contributed by atoms with E-state index in [1.165, 1.54) is 20.8 Å². The van der Waals surface area contributed by atoms with E-state index in [2.05, 4.69) is 5.32 Å². The molecule has 0 unspecified atom stereocenters. The summed E-state index contributed by atoms with van der Waals surface area (Å²) in [6, 6.07) is -0.721. The molecule has 0 saturated heterocycles. The molecule has 0 radical (unpaired) electrons. The molecule has 13 heteroatoms. The Bertz CT molecular complexity index is 909. The van der Waals surface area contributed by atoms with Gasteiger partial charge in [-0.2, -0.15) is 0 Å². The molecule has 0 rings (SSSR count). The van der Waals surface area contributed by atoms with Crippen LogP contribution in [0, 0.1) is 5.41 Å². The van der Waals surface area contributed by atoms with Gasteiger partial charge in [-0.15, -0.1) is 0 Å². The molecule has 208 valence electrons. The van der Waals surface area contributed by atoms with Crippen molar-refractivity contribution in [2.45, 2.75) is 98.3 Å². The fraction of sp³-hybridized carbons (Fsp3) is 0.909. The largest absolute Gasteiger partial charge is 0.465 e. The maximum Gasteiger partial charge on any atom is 0.462 e. The Kier molecular flexibility index (Phi) is 11.5. The molecule has 0 aliphatic rings. The Morgan fingerprint density at radius 3 is 1.71 bits per heavy atom. The minimum Gasteiger partial charge on any atom is -0.465 e. The number of esters is 1. The van der Waals surface area contributed by atoms with E-state index < -0.39 is 53.4 Å². The summed E-state index contributed by atoms with van der Waals surface area (Å²) in [4.78, 5) is 24.3. The summed E-state index contributed by atoms with van der Waals surface area (Å²) >= 11 is 0. The zero-order valence-electron chi connectivity index (χ0n) is 23.1. The van der Waals surface area contributed by atoms with Crippen molar-refractivity contribution >= 4 is 37.3 Å². The highest BCUT2D eigenvalue weighted by Crippen LogP contribution is 2.43. The third-order valence-electron chi connectivity index (χ3n) is 4.88. The lowest BCUT2D eigenvalue weighted by Gasteiger charge is -2.38. The van der Waals surface area contributed by atoms with E-state index in [0.717, 1.165) is 12.5 Å². The number of carbonyl (C=O) groups excluding carboxylic acids is 2. The number of nitrogens with one attached hydrogen (secondary N) is 1. The summed E-state index contributed by atoms with van der Waals surface area (Å²) < 4.78 is 67.7. The van der Waals surface area contributed by atoms with Crippen LogP contribution in [0.5, 0.6) is 0 Å².